The molecule has 4 heterocycles. The molecule has 0 aliphatic carbocycles. The Bertz CT molecular complexity index is 1290. The van der Waals surface area contributed by atoms with Crippen LogP contribution in [0.4, 0.5) is 0 Å². The molecule has 0 saturated heterocycles. The summed E-state index contributed by atoms with van der Waals surface area (Å²) in [7, 11) is 0. The van der Waals surface area contributed by atoms with Crippen LogP contribution in [0.25, 0.3) is 27.6 Å². The molecule has 0 aliphatic rings. The van der Waals surface area contributed by atoms with E-state index < -0.39 is 0 Å². The molecule has 7 nitrogen and oxygen atoms in total. The predicted molar refractivity (Wildman–Crippen MR) is 107 cm³/mol. The molecule has 0 saturated carbocycles. The summed E-state index contributed by atoms with van der Waals surface area (Å²) in [5.74, 6) is 1.64. The lowest BCUT2D eigenvalue weighted by atomic mass is 10.3. The summed E-state index contributed by atoms with van der Waals surface area (Å²) in [4.78, 5) is 18.4. The first kappa shape index (κ1) is 17.0. The normalized spacial score (nSPS) is 11.3. The van der Waals surface area contributed by atoms with E-state index in [9.17, 15) is 4.79 Å². The first-order valence-corrected chi connectivity index (χ1v) is 10.2. The third kappa shape index (κ3) is 3.04. The molecule has 0 radical (unpaired) electrons. The van der Waals surface area contributed by atoms with E-state index in [-0.39, 0.29) is 5.56 Å². The Morgan fingerprint density at radius 2 is 1.96 bits per heavy atom. The number of para-hydroxylation sites is 1. The monoisotopic (exact) mass is 408 g/mol. The first-order valence-electron chi connectivity index (χ1n) is 8.34. The molecule has 4 aromatic heterocycles. The first-order chi connectivity index (χ1) is 13.8. The summed E-state index contributed by atoms with van der Waals surface area (Å²) in [6.45, 7) is 0. The van der Waals surface area contributed by atoms with Crippen molar-refractivity contribution in [3.8, 4) is 17.3 Å². The van der Waals surface area contributed by atoms with Crippen LogP contribution in [0, 0.1) is 0 Å². The third-order valence-electron chi connectivity index (χ3n) is 4.00. The van der Waals surface area contributed by atoms with E-state index in [1.165, 1.54) is 23.1 Å². The second-order valence-electron chi connectivity index (χ2n) is 5.78. The van der Waals surface area contributed by atoms with Gasteiger partial charge in [-0.05, 0) is 35.7 Å². The quantitative estimate of drug-likeness (QED) is 0.315. The third-order valence-corrected chi connectivity index (χ3v) is 5.73. The van der Waals surface area contributed by atoms with E-state index in [1.807, 2.05) is 35.7 Å². The highest BCUT2D eigenvalue weighted by Crippen LogP contribution is 2.27. The number of hydrogen-bond acceptors (Lipinski definition) is 8. The molecule has 5 rings (SSSR count). The highest BCUT2D eigenvalue weighted by Gasteiger charge is 2.16. The van der Waals surface area contributed by atoms with Crippen molar-refractivity contribution in [3.63, 3.8) is 0 Å². The van der Waals surface area contributed by atoms with Gasteiger partial charge in [0.15, 0.2) is 10.9 Å². The average Bonchev–Trinajstić information content (AvgIpc) is 3.47. The van der Waals surface area contributed by atoms with Gasteiger partial charge in [0.05, 0.1) is 23.1 Å². The highest BCUT2D eigenvalue weighted by molar-refractivity contribution is 7.98. The van der Waals surface area contributed by atoms with Crippen LogP contribution in [-0.2, 0) is 5.75 Å². The largest absolute Gasteiger partial charge is 0.459 e. The number of aromatic nitrogens is 4. The van der Waals surface area contributed by atoms with E-state index in [2.05, 4.69) is 15.2 Å². The van der Waals surface area contributed by atoms with Gasteiger partial charge >= 0.3 is 0 Å². The molecule has 0 fully saturated rings. The van der Waals surface area contributed by atoms with Crippen molar-refractivity contribution < 1.29 is 8.83 Å². The van der Waals surface area contributed by atoms with Crippen molar-refractivity contribution in [1.82, 2.24) is 19.7 Å². The van der Waals surface area contributed by atoms with Gasteiger partial charge in [0, 0.05) is 0 Å². The maximum absolute atomic E-state index is 13.0. The minimum atomic E-state index is -0.0956. The standard InChI is InChI=1S/C19H12N4O3S2/c24-18-13-8-10-27-17(13)20-19(23(18)12-5-2-1-3-6-12)28-11-15-21-22-16(26-15)14-7-4-9-25-14/h1-10H,11H2. The maximum atomic E-state index is 13.0. The molecular weight excluding hydrogens is 396 g/mol. The lowest BCUT2D eigenvalue weighted by molar-refractivity contribution is 0.494. The molecule has 0 amide bonds. The number of thiophene rings is 1. The minimum absolute atomic E-state index is 0.0956. The molecule has 0 bridgehead atoms. The van der Waals surface area contributed by atoms with E-state index in [0.29, 0.717) is 38.7 Å². The van der Waals surface area contributed by atoms with Crippen molar-refractivity contribution in [1.29, 1.82) is 0 Å². The number of rotatable bonds is 5. The number of furan rings is 1. The van der Waals surface area contributed by atoms with Gasteiger partial charge in [-0.15, -0.1) is 21.5 Å². The fourth-order valence-corrected chi connectivity index (χ4v) is 4.39. The van der Waals surface area contributed by atoms with Crippen molar-refractivity contribution >= 4 is 33.3 Å². The maximum Gasteiger partial charge on any atom is 0.283 e. The fraction of sp³-hybridized carbons (Fsp3) is 0.0526. The Balaban J connectivity index is 1.51. The molecule has 1 aromatic carbocycles. The van der Waals surface area contributed by atoms with Crippen LogP contribution < -0.4 is 5.56 Å². The molecule has 138 valence electrons. The number of nitrogens with zero attached hydrogens (tertiary/aromatic N) is 4. The van der Waals surface area contributed by atoms with Crippen LogP contribution in [-0.4, -0.2) is 19.7 Å². The summed E-state index contributed by atoms with van der Waals surface area (Å²) in [5, 5.41) is 11.1. The zero-order chi connectivity index (χ0) is 18.9. The van der Waals surface area contributed by atoms with Crippen molar-refractivity contribution in [2.45, 2.75) is 10.9 Å². The van der Waals surface area contributed by atoms with E-state index in [0.717, 1.165) is 5.69 Å². The Labute approximate surface area is 166 Å². The topological polar surface area (TPSA) is 86.9 Å². The van der Waals surface area contributed by atoms with Gasteiger partial charge in [0.25, 0.3) is 11.4 Å². The van der Waals surface area contributed by atoms with Gasteiger partial charge in [-0.25, -0.2) is 4.98 Å². The van der Waals surface area contributed by atoms with Gasteiger partial charge < -0.3 is 8.83 Å². The van der Waals surface area contributed by atoms with Gasteiger partial charge in [-0.1, -0.05) is 30.0 Å². The highest BCUT2D eigenvalue weighted by atomic mass is 32.2. The van der Waals surface area contributed by atoms with Crippen LogP contribution in [0.3, 0.4) is 0 Å². The Kier molecular flexibility index (Phi) is 4.30. The van der Waals surface area contributed by atoms with Crippen LogP contribution >= 0.6 is 23.1 Å². The summed E-state index contributed by atoms with van der Waals surface area (Å²) >= 11 is 2.81. The zero-order valence-electron chi connectivity index (χ0n) is 14.3. The molecule has 28 heavy (non-hydrogen) atoms. The molecule has 0 aliphatic heterocycles. The Morgan fingerprint density at radius 3 is 2.79 bits per heavy atom. The lowest BCUT2D eigenvalue weighted by Crippen LogP contribution is -2.21. The van der Waals surface area contributed by atoms with Gasteiger partial charge in [-0.3, -0.25) is 9.36 Å². The van der Waals surface area contributed by atoms with Gasteiger partial charge in [-0.2, -0.15) is 0 Å². The van der Waals surface area contributed by atoms with E-state index in [4.69, 9.17) is 8.83 Å². The lowest BCUT2D eigenvalue weighted by Gasteiger charge is -2.11. The number of thioether (sulfide) groups is 1. The molecule has 0 atom stereocenters. The van der Waals surface area contributed by atoms with Crippen molar-refractivity contribution in [2.24, 2.45) is 0 Å². The van der Waals surface area contributed by atoms with Crippen molar-refractivity contribution in [2.75, 3.05) is 0 Å². The van der Waals surface area contributed by atoms with E-state index in [1.54, 1.807) is 29.0 Å². The average molecular weight is 408 g/mol. The number of hydrogen-bond donors (Lipinski definition) is 0. The van der Waals surface area contributed by atoms with Gasteiger partial charge in [0.2, 0.25) is 5.89 Å². The van der Waals surface area contributed by atoms with Crippen LogP contribution in [0.15, 0.2) is 79.0 Å². The van der Waals surface area contributed by atoms with Crippen LogP contribution in [0.5, 0.6) is 0 Å². The molecule has 5 aromatic rings. The SMILES string of the molecule is O=c1c2ccsc2nc(SCc2nnc(-c3ccco3)o2)n1-c1ccccc1. The Morgan fingerprint density at radius 1 is 1.07 bits per heavy atom. The Hall–Kier alpha value is -3.17. The summed E-state index contributed by atoms with van der Waals surface area (Å²) in [6, 6.07) is 14.8. The minimum Gasteiger partial charge on any atom is -0.459 e. The zero-order valence-corrected chi connectivity index (χ0v) is 15.9. The van der Waals surface area contributed by atoms with Crippen LogP contribution in [0.1, 0.15) is 5.89 Å². The second-order valence-corrected chi connectivity index (χ2v) is 7.61. The number of fused-ring (bicyclic) bond motifs is 1. The molecule has 9 heteroatoms. The second kappa shape index (κ2) is 7.10. The fourth-order valence-electron chi connectivity index (χ4n) is 2.73. The molecular formula is C19H12N4O3S2. The summed E-state index contributed by atoms with van der Waals surface area (Å²) in [5.41, 5.74) is 0.666. The van der Waals surface area contributed by atoms with E-state index >= 15 is 0 Å². The number of benzene rings is 1. The summed E-state index contributed by atoms with van der Waals surface area (Å²) in [6.07, 6.45) is 1.55. The van der Waals surface area contributed by atoms with Crippen LogP contribution in [0.2, 0.25) is 0 Å². The molecule has 0 unspecified atom stereocenters. The molecule has 0 N–H and O–H groups in total. The predicted octanol–water partition coefficient (Wildman–Crippen LogP) is 4.38. The molecule has 0 spiro atoms. The summed E-state index contributed by atoms with van der Waals surface area (Å²) < 4.78 is 12.5. The van der Waals surface area contributed by atoms with Gasteiger partial charge in [0.1, 0.15) is 4.83 Å². The van der Waals surface area contributed by atoms with Crippen molar-refractivity contribution in [3.05, 3.63) is 76.4 Å². The smallest absolute Gasteiger partial charge is 0.283 e.